The number of unbranched alkanes of at least 4 members (excludes halogenated alkanes) is 1. The molecule has 0 atom stereocenters. The van der Waals surface area contributed by atoms with Crippen molar-refractivity contribution in [2.45, 2.75) is 44.5 Å². The predicted octanol–water partition coefficient (Wildman–Crippen LogP) is 0.857. The zero-order valence-electron chi connectivity index (χ0n) is 15.3. The van der Waals surface area contributed by atoms with Crippen molar-refractivity contribution in [1.82, 2.24) is 14.1 Å². The minimum absolute atomic E-state index is 0.312. The summed E-state index contributed by atoms with van der Waals surface area (Å²) in [6.07, 6.45) is 0.884. The van der Waals surface area contributed by atoms with Crippen molar-refractivity contribution in [3.05, 3.63) is 0 Å². The summed E-state index contributed by atoms with van der Waals surface area (Å²) in [4.78, 5) is 15.7. The molecule has 2 saturated heterocycles. The van der Waals surface area contributed by atoms with Crippen molar-refractivity contribution in [1.29, 1.82) is 5.26 Å². The standard InChI is InChI=1S/C16H28N4O4S/c1-16(2,3)24-15(21)19-8-10-20(11-9-19)25(22,23)14-12-18(13-14)7-5-4-6-17/h14H,4-5,7-13H2,1-3H3. The number of hydrogen-bond acceptors (Lipinski definition) is 6. The molecule has 25 heavy (non-hydrogen) atoms. The first kappa shape index (κ1) is 19.9. The SMILES string of the molecule is CC(C)(C)OC(=O)N1CCN(S(=O)(=O)C2CN(CCCC#N)C2)CC1. The topological polar surface area (TPSA) is 93.9 Å². The highest BCUT2D eigenvalue weighted by Crippen LogP contribution is 2.22. The summed E-state index contributed by atoms with van der Waals surface area (Å²) in [5, 5.41) is 8.16. The van der Waals surface area contributed by atoms with Gasteiger partial charge in [0.05, 0.1) is 6.07 Å². The van der Waals surface area contributed by atoms with E-state index in [0.717, 1.165) is 13.0 Å². The van der Waals surface area contributed by atoms with Gasteiger partial charge in [0.1, 0.15) is 10.9 Å². The van der Waals surface area contributed by atoms with Crippen LogP contribution >= 0.6 is 0 Å². The maximum atomic E-state index is 12.7. The van der Waals surface area contributed by atoms with Crippen LogP contribution in [0.5, 0.6) is 0 Å². The molecule has 0 unspecified atom stereocenters. The second-order valence-corrected chi connectivity index (χ2v) is 9.77. The average Bonchev–Trinajstić information content (AvgIpc) is 2.47. The van der Waals surface area contributed by atoms with Crippen LogP contribution < -0.4 is 0 Å². The highest BCUT2D eigenvalue weighted by Gasteiger charge is 2.41. The Labute approximate surface area is 150 Å². The third-order valence-corrected chi connectivity index (χ3v) is 6.58. The Morgan fingerprint density at radius 1 is 1.20 bits per heavy atom. The van der Waals surface area contributed by atoms with E-state index in [0.29, 0.717) is 45.7 Å². The Morgan fingerprint density at radius 2 is 1.80 bits per heavy atom. The lowest BCUT2D eigenvalue weighted by Gasteiger charge is -2.42. The highest BCUT2D eigenvalue weighted by atomic mass is 32.2. The minimum Gasteiger partial charge on any atom is -0.444 e. The summed E-state index contributed by atoms with van der Waals surface area (Å²) >= 11 is 0. The van der Waals surface area contributed by atoms with Crippen LogP contribution in [0.1, 0.15) is 33.6 Å². The van der Waals surface area contributed by atoms with Crippen LogP contribution in [-0.4, -0.2) is 85.3 Å². The molecule has 0 spiro atoms. The quantitative estimate of drug-likeness (QED) is 0.664. The van der Waals surface area contributed by atoms with E-state index < -0.39 is 21.7 Å². The van der Waals surface area contributed by atoms with E-state index in [1.807, 2.05) is 20.8 Å². The van der Waals surface area contributed by atoms with Crippen molar-refractivity contribution >= 4 is 16.1 Å². The number of ether oxygens (including phenoxy) is 1. The lowest BCUT2D eigenvalue weighted by atomic mass is 10.2. The Bertz CT molecular complexity index is 609. The van der Waals surface area contributed by atoms with Crippen molar-refractivity contribution in [3.63, 3.8) is 0 Å². The Morgan fingerprint density at radius 3 is 2.32 bits per heavy atom. The number of likely N-dealkylation sites (tertiary alicyclic amines) is 1. The number of carbonyl (C=O) groups excluding carboxylic acids is 1. The number of amides is 1. The zero-order valence-corrected chi connectivity index (χ0v) is 16.1. The molecule has 8 nitrogen and oxygen atoms in total. The van der Waals surface area contributed by atoms with Gasteiger partial charge in [0, 0.05) is 45.7 Å². The van der Waals surface area contributed by atoms with Gasteiger partial charge in [-0.3, -0.25) is 0 Å². The number of hydrogen-bond donors (Lipinski definition) is 0. The molecule has 2 heterocycles. The Hall–Kier alpha value is -1.37. The number of nitriles is 1. The van der Waals surface area contributed by atoms with E-state index in [1.165, 1.54) is 4.31 Å². The van der Waals surface area contributed by atoms with Crippen LogP contribution in [0.4, 0.5) is 4.79 Å². The number of sulfonamides is 1. The second kappa shape index (κ2) is 7.89. The molecule has 142 valence electrons. The van der Waals surface area contributed by atoms with E-state index in [4.69, 9.17) is 10.00 Å². The summed E-state index contributed by atoms with van der Waals surface area (Å²) in [6.45, 7) is 8.59. The predicted molar refractivity (Wildman–Crippen MR) is 93.4 cm³/mol. The van der Waals surface area contributed by atoms with Crippen LogP contribution in [0.2, 0.25) is 0 Å². The van der Waals surface area contributed by atoms with Gasteiger partial charge in [0.25, 0.3) is 0 Å². The van der Waals surface area contributed by atoms with Gasteiger partial charge >= 0.3 is 6.09 Å². The molecule has 9 heteroatoms. The molecule has 0 aromatic carbocycles. The first-order chi connectivity index (χ1) is 11.6. The van der Waals surface area contributed by atoms with Gasteiger partial charge in [-0.25, -0.2) is 13.2 Å². The van der Waals surface area contributed by atoms with Crippen molar-refractivity contribution in [2.75, 3.05) is 45.8 Å². The average molecular weight is 372 g/mol. The number of rotatable bonds is 5. The molecule has 0 aromatic heterocycles. The maximum Gasteiger partial charge on any atom is 0.410 e. The molecule has 2 aliphatic heterocycles. The van der Waals surface area contributed by atoms with Crippen LogP contribution in [0.3, 0.4) is 0 Å². The first-order valence-electron chi connectivity index (χ1n) is 8.69. The van der Waals surface area contributed by atoms with Gasteiger partial charge in [0.15, 0.2) is 0 Å². The summed E-state index contributed by atoms with van der Waals surface area (Å²) < 4.78 is 32.1. The van der Waals surface area contributed by atoms with Crippen LogP contribution in [0, 0.1) is 11.3 Å². The smallest absolute Gasteiger partial charge is 0.410 e. The Kier molecular flexibility index (Phi) is 6.30. The number of nitrogens with zero attached hydrogens (tertiary/aromatic N) is 4. The summed E-state index contributed by atoms with van der Waals surface area (Å²) in [5.41, 5.74) is -0.554. The largest absolute Gasteiger partial charge is 0.444 e. The van der Waals surface area contributed by atoms with E-state index in [-0.39, 0.29) is 5.25 Å². The van der Waals surface area contributed by atoms with Crippen LogP contribution in [-0.2, 0) is 14.8 Å². The summed E-state index contributed by atoms with van der Waals surface area (Å²) in [6, 6.07) is 2.10. The molecular formula is C16H28N4O4S. The molecule has 2 fully saturated rings. The van der Waals surface area contributed by atoms with Gasteiger partial charge in [0.2, 0.25) is 10.0 Å². The van der Waals surface area contributed by atoms with Crippen molar-refractivity contribution < 1.29 is 17.9 Å². The Balaban J connectivity index is 1.78. The lowest BCUT2D eigenvalue weighted by molar-refractivity contribution is 0.0191. The van der Waals surface area contributed by atoms with E-state index >= 15 is 0 Å². The monoisotopic (exact) mass is 372 g/mol. The van der Waals surface area contributed by atoms with Gasteiger partial charge in [-0.1, -0.05) is 0 Å². The summed E-state index contributed by atoms with van der Waals surface area (Å²) in [5.74, 6) is 0. The summed E-state index contributed by atoms with van der Waals surface area (Å²) in [7, 11) is -3.33. The lowest BCUT2D eigenvalue weighted by Crippen LogP contribution is -2.61. The van der Waals surface area contributed by atoms with E-state index in [1.54, 1.807) is 4.90 Å². The number of piperazine rings is 1. The maximum absolute atomic E-state index is 12.7. The zero-order chi connectivity index (χ0) is 18.7. The fraction of sp³-hybridized carbons (Fsp3) is 0.875. The normalized spacial score (nSPS) is 20.8. The first-order valence-corrected chi connectivity index (χ1v) is 10.2. The van der Waals surface area contributed by atoms with Gasteiger partial charge in [-0.05, 0) is 33.7 Å². The van der Waals surface area contributed by atoms with Crippen molar-refractivity contribution in [2.24, 2.45) is 0 Å². The van der Waals surface area contributed by atoms with Gasteiger partial charge in [-0.2, -0.15) is 9.57 Å². The fourth-order valence-corrected chi connectivity index (χ4v) is 4.83. The molecule has 0 saturated carbocycles. The third kappa shape index (κ3) is 5.30. The van der Waals surface area contributed by atoms with Gasteiger partial charge < -0.3 is 14.5 Å². The van der Waals surface area contributed by atoms with E-state index in [2.05, 4.69) is 11.0 Å². The molecular weight excluding hydrogens is 344 g/mol. The molecule has 2 aliphatic rings. The molecule has 0 aromatic rings. The molecule has 0 aliphatic carbocycles. The second-order valence-electron chi connectivity index (χ2n) is 7.55. The van der Waals surface area contributed by atoms with E-state index in [9.17, 15) is 13.2 Å². The van der Waals surface area contributed by atoms with Crippen LogP contribution in [0.15, 0.2) is 0 Å². The van der Waals surface area contributed by atoms with Crippen molar-refractivity contribution in [3.8, 4) is 6.07 Å². The third-order valence-electron chi connectivity index (χ3n) is 4.36. The fourth-order valence-electron chi connectivity index (χ4n) is 2.94. The molecule has 0 radical (unpaired) electrons. The van der Waals surface area contributed by atoms with Gasteiger partial charge in [-0.15, -0.1) is 0 Å². The number of carbonyl (C=O) groups is 1. The molecule has 0 bridgehead atoms. The molecule has 1 amide bonds. The minimum atomic E-state index is -3.33. The van der Waals surface area contributed by atoms with Crippen LogP contribution in [0.25, 0.3) is 0 Å². The highest BCUT2D eigenvalue weighted by molar-refractivity contribution is 7.89. The molecule has 2 rings (SSSR count). The molecule has 0 N–H and O–H groups in total.